The van der Waals surface area contributed by atoms with Gasteiger partial charge in [-0.3, -0.25) is 4.98 Å². The minimum absolute atomic E-state index is 0.554. The Labute approximate surface area is 171 Å². The van der Waals surface area contributed by atoms with Gasteiger partial charge in [0.15, 0.2) is 0 Å². The molecule has 0 saturated carbocycles. The van der Waals surface area contributed by atoms with E-state index in [4.69, 9.17) is 0 Å². The van der Waals surface area contributed by atoms with Crippen LogP contribution in [0, 0.1) is 0 Å². The van der Waals surface area contributed by atoms with E-state index in [9.17, 15) is 0 Å². The molecular weight excluding hydrogens is 358 g/mol. The molecule has 0 amide bonds. The van der Waals surface area contributed by atoms with Crippen LogP contribution in [-0.4, -0.2) is 21.1 Å². The lowest BCUT2D eigenvalue weighted by molar-refractivity contribution is 0.483. The van der Waals surface area contributed by atoms with Crippen LogP contribution >= 0.6 is 0 Å². The standard InChI is InChI=1S/C24H25N5/c1-2-9-21-18(6-1)7-5-8-20(21)15-29-16-24(26-17-29)23-14-19(11-13-25-23)22-10-3-4-12-27-28-22/h1-2,6,9-11,13-14,16-17,20H,3-5,7-8,12,15H2. The maximum atomic E-state index is 4.64. The van der Waals surface area contributed by atoms with E-state index in [0.29, 0.717) is 5.92 Å². The van der Waals surface area contributed by atoms with Crippen LogP contribution in [0.4, 0.5) is 0 Å². The van der Waals surface area contributed by atoms with Gasteiger partial charge in [0.25, 0.3) is 0 Å². The molecule has 5 heteroatoms. The van der Waals surface area contributed by atoms with Crippen molar-refractivity contribution in [1.82, 2.24) is 14.5 Å². The van der Waals surface area contributed by atoms with Crippen LogP contribution < -0.4 is 0 Å². The summed E-state index contributed by atoms with van der Waals surface area (Å²) in [7, 11) is 0. The van der Waals surface area contributed by atoms with Crippen LogP contribution in [0.3, 0.4) is 0 Å². The molecule has 0 fully saturated rings. The number of hydrogen-bond donors (Lipinski definition) is 0. The van der Waals surface area contributed by atoms with E-state index >= 15 is 0 Å². The fraction of sp³-hybridized carbons (Fsp3) is 0.333. The minimum atomic E-state index is 0.554. The Morgan fingerprint density at radius 3 is 3.00 bits per heavy atom. The molecule has 0 spiro atoms. The van der Waals surface area contributed by atoms with Crippen molar-refractivity contribution in [2.45, 2.75) is 44.6 Å². The van der Waals surface area contributed by atoms with Gasteiger partial charge in [-0.25, -0.2) is 4.98 Å². The summed E-state index contributed by atoms with van der Waals surface area (Å²) in [6, 6.07) is 12.9. The average Bonchev–Trinajstić information content (AvgIpc) is 3.06. The molecule has 5 rings (SSSR count). The zero-order valence-corrected chi connectivity index (χ0v) is 16.5. The van der Waals surface area contributed by atoms with Gasteiger partial charge in [-0.05, 0) is 55.4 Å². The number of nitrogens with zero attached hydrogens (tertiary/aromatic N) is 5. The molecule has 5 nitrogen and oxygen atoms in total. The lowest BCUT2D eigenvalue weighted by Gasteiger charge is -2.25. The maximum Gasteiger partial charge on any atom is 0.107 e. The van der Waals surface area contributed by atoms with Gasteiger partial charge < -0.3 is 4.57 Å². The lowest BCUT2D eigenvalue weighted by Crippen LogP contribution is -2.14. The number of hydrogen-bond acceptors (Lipinski definition) is 4. The number of fused-ring (bicyclic) bond motifs is 1. The number of allylic oxidation sites excluding steroid dienone is 1. The van der Waals surface area contributed by atoms with Gasteiger partial charge in [-0.15, -0.1) is 0 Å². The highest BCUT2D eigenvalue weighted by Gasteiger charge is 2.20. The van der Waals surface area contributed by atoms with Gasteiger partial charge in [0, 0.05) is 30.4 Å². The van der Waals surface area contributed by atoms with Gasteiger partial charge in [0.1, 0.15) is 5.69 Å². The summed E-state index contributed by atoms with van der Waals surface area (Å²) in [5.41, 5.74) is 6.78. The Kier molecular flexibility index (Phi) is 5.03. The Balaban J connectivity index is 1.37. The van der Waals surface area contributed by atoms with Gasteiger partial charge in [-0.1, -0.05) is 30.3 Å². The Bertz CT molecular complexity index is 1060. The van der Waals surface area contributed by atoms with Gasteiger partial charge in [0.2, 0.25) is 0 Å². The summed E-state index contributed by atoms with van der Waals surface area (Å²) in [6.45, 7) is 1.76. The van der Waals surface area contributed by atoms with E-state index in [1.807, 2.05) is 18.6 Å². The Morgan fingerprint density at radius 2 is 2.00 bits per heavy atom. The third kappa shape index (κ3) is 3.90. The average molecular weight is 383 g/mol. The fourth-order valence-electron chi connectivity index (χ4n) is 4.36. The summed E-state index contributed by atoms with van der Waals surface area (Å²) in [4.78, 5) is 9.19. The minimum Gasteiger partial charge on any atom is -0.336 e. The van der Waals surface area contributed by atoms with Crippen LogP contribution in [0.25, 0.3) is 17.1 Å². The molecule has 1 aliphatic carbocycles. The number of benzene rings is 1. The summed E-state index contributed by atoms with van der Waals surface area (Å²) in [5.74, 6) is 0.554. The normalized spacial score (nSPS) is 18.8. The molecule has 146 valence electrons. The van der Waals surface area contributed by atoms with E-state index in [1.54, 1.807) is 0 Å². The van der Waals surface area contributed by atoms with Crippen molar-refractivity contribution in [3.8, 4) is 11.4 Å². The first-order valence-corrected chi connectivity index (χ1v) is 10.5. The molecule has 1 aromatic carbocycles. The smallest absolute Gasteiger partial charge is 0.107 e. The number of rotatable bonds is 4. The van der Waals surface area contributed by atoms with Crippen molar-refractivity contribution in [1.29, 1.82) is 0 Å². The quantitative estimate of drug-likeness (QED) is 0.584. The van der Waals surface area contributed by atoms with E-state index in [-0.39, 0.29) is 0 Å². The summed E-state index contributed by atoms with van der Waals surface area (Å²) < 4.78 is 2.21. The van der Waals surface area contributed by atoms with Crippen molar-refractivity contribution in [3.63, 3.8) is 0 Å². The SMILES string of the molecule is C1=C(c2ccnc(-c3cn(CC4CCCc5ccccc54)cn3)c2)N=NCCC1. The summed E-state index contributed by atoms with van der Waals surface area (Å²) in [6.07, 6.45) is 13.8. The second-order valence-electron chi connectivity index (χ2n) is 7.87. The number of azo groups is 1. The number of pyridine rings is 1. The molecule has 2 aromatic heterocycles. The molecule has 1 aliphatic heterocycles. The molecule has 29 heavy (non-hydrogen) atoms. The number of aryl methyl sites for hydroxylation is 1. The Hall–Kier alpha value is -3.08. The van der Waals surface area contributed by atoms with E-state index in [0.717, 1.165) is 48.6 Å². The van der Waals surface area contributed by atoms with Crippen LogP contribution in [0.5, 0.6) is 0 Å². The van der Waals surface area contributed by atoms with Crippen molar-refractivity contribution >= 4 is 5.70 Å². The maximum absolute atomic E-state index is 4.64. The first kappa shape index (κ1) is 18.0. The predicted octanol–water partition coefficient (Wildman–Crippen LogP) is 5.65. The van der Waals surface area contributed by atoms with Crippen LogP contribution in [-0.2, 0) is 13.0 Å². The fourth-order valence-corrected chi connectivity index (χ4v) is 4.36. The largest absolute Gasteiger partial charge is 0.336 e. The number of aromatic nitrogens is 3. The Morgan fingerprint density at radius 1 is 1.03 bits per heavy atom. The summed E-state index contributed by atoms with van der Waals surface area (Å²) in [5, 5.41) is 8.60. The topological polar surface area (TPSA) is 55.4 Å². The molecule has 0 N–H and O–H groups in total. The van der Waals surface area contributed by atoms with E-state index < -0.39 is 0 Å². The highest BCUT2D eigenvalue weighted by Crippen LogP contribution is 2.33. The molecule has 1 unspecified atom stereocenters. The first-order chi connectivity index (χ1) is 14.4. The lowest BCUT2D eigenvalue weighted by atomic mass is 9.83. The molecular formula is C24H25N5. The third-order valence-corrected chi connectivity index (χ3v) is 5.85. The molecule has 3 aromatic rings. The number of imidazole rings is 1. The molecule has 3 heterocycles. The van der Waals surface area contributed by atoms with Crippen molar-refractivity contribution in [2.24, 2.45) is 10.2 Å². The van der Waals surface area contributed by atoms with Crippen molar-refractivity contribution in [3.05, 3.63) is 77.9 Å². The van der Waals surface area contributed by atoms with Crippen LogP contribution in [0.15, 0.2) is 71.4 Å². The molecule has 2 aliphatic rings. The molecule has 1 atom stereocenters. The highest BCUT2D eigenvalue weighted by molar-refractivity contribution is 5.68. The van der Waals surface area contributed by atoms with Gasteiger partial charge >= 0.3 is 0 Å². The van der Waals surface area contributed by atoms with E-state index in [2.05, 4.69) is 67.4 Å². The molecule has 0 bridgehead atoms. The highest BCUT2D eigenvalue weighted by atomic mass is 15.1. The van der Waals surface area contributed by atoms with Crippen molar-refractivity contribution < 1.29 is 0 Å². The molecule has 0 saturated heterocycles. The third-order valence-electron chi connectivity index (χ3n) is 5.85. The zero-order chi connectivity index (χ0) is 19.5. The van der Waals surface area contributed by atoms with Crippen molar-refractivity contribution in [2.75, 3.05) is 6.54 Å². The second-order valence-corrected chi connectivity index (χ2v) is 7.87. The zero-order valence-electron chi connectivity index (χ0n) is 16.5. The second kappa shape index (κ2) is 8.11. The van der Waals surface area contributed by atoms with Crippen LogP contribution in [0.1, 0.15) is 48.3 Å². The van der Waals surface area contributed by atoms with Gasteiger partial charge in [-0.2, -0.15) is 10.2 Å². The predicted molar refractivity (Wildman–Crippen MR) is 115 cm³/mol. The molecule has 0 radical (unpaired) electrons. The first-order valence-electron chi connectivity index (χ1n) is 10.5. The summed E-state index contributed by atoms with van der Waals surface area (Å²) >= 11 is 0. The van der Waals surface area contributed by atoms with Gasteiger partial charge in [0.05, 0.1) is 24.3 Å². The monoisotopic (exact) mass is 383 g/mol. The van der Waals surface area contributed by atoms with Crippen LogP contribution in [0.2, 0.25) is 0 Å². The van der Waals surface area contributed by atoms with E-state index in [1.165, 1.54) is 30.4 Å².